The Balaban J connectivity index is 3.35. The van der Waals surface area contributed by atoms with Crippen LogP contribution in [0.2, 0.25) is 6.32 Å². The van der Waals surface area contributed by atoms with Crippen molar-refractivity contribution in [2.45, 2.75) is 32.7 Å². The van der Waals surface area contributed by atoms with E-state index in [1.54, 1.807) is 0 Å². The Morgan fingerprint density at radius 1 is 1.62 bits per heavy atom. The largest absolute Gasteiger partial charge is 0.393 e. The van der Waals surface area contributed by atoms with Gasteiger partial charge in [-0.3, -0.25) is 0 Å². The van der Waals surface area contributed by atoms with Gasteiger partial charge in [0, 0.05) is 0 Å². The van der Waals surface area contributed by atoms with E-state index in [2.05, 4.69) is 14.8 Å². The molecule has 0 fully saturated rings. The molecule has 0 saturated carbocycles. The lowest BCUT2D eigenvalue weighted by Gasteiger charge is -2.14. The fourth-order valence-electron chi connectivity index (χ4n) is 0.971. The molecule has 0 aliphatic heterocycles. The number of aliphatic hydroxyl groups is 1. The van der Waals surface area contributed by atoms with E-state index in [1.807, 2.05) is 6.92 Å². The van der Waals surface area contributed by atoms with Crippen molar-refractivity contribution in [2.75, 3.05) is 0 Å². The van der Waals surface area contributed by atoms with Crippen LogP contribution in [0.1, 0.15) is 20.3 Å². The normalized spacial score (nSPS) is 17.9. The highest BCUT2D eigenvalue weighted by molar-refractivity contribution is 6.08. The second-order valence-electron chi connectivity index (χ2n) is 2.32. The summed E-state index contributed by atoms with van der Waals surface area (Å²) in [6.07, 6.45) is 2.06. The minimum atomic E-state index is -0.120. The molecule has 0 aromatic heterocycles. The van der Waals surface area contributed by atoms with Crippen molar-refractivity contribution in [3.8, 4) is 0 Å². The third-order valence-electron chi connectivity index (χ3n) is 1.73. The van der Waals surface area contributed by atoms with E-state index < -0.39 is 0 Å². The predicted octanol–water partition coefficient (Wildman–Crippen LogP) is 0.445. The van der Waals surface area contributed by atoms with Crippen molar-refractivity contribution in [3.63, 3.8) is 0 Å². The van der Waals surface area contributed by atoms with Gasteiger partial charge in [-0.05, 0) is 12.8 Å². The molecule has 0 radical (unpaired) electrons. The summed E-state index contributed by atoms with van der Waals surface area (Å²) in [4.78, 5) is 0. The Kier molecular flexibility index (Phi) is 3.97. The highest BCUT2D eigenvalue weighted by atomic mass is 16.3. The highest BCUT2D eigenvalue weighted by Gasteiger charge is 2.07. The molecule has 0 aliphatic rings. The first-order valence-corrected chi connectivity index (χ1v) is 3.40. The van der Waals surface area contributed by atoms with Crippen LogP contribution in [0.25, 0.3) is 0 Å². The minimum absolute atomic E-state index is 0.120. The summed E-state index contributed by atoms with van der Waals surface area (Å²) in [5, 5.41) is 9.01. The van der Waals surface area contributed by atoms with E-state index >= 15 is 0 Å². The maximum absolute atomic E-state index is 9.01. The van der Waals surface area contributed by atoms with Crippen LogP contribution in [0.5, 0.6) is 0 Å². The van der Waals surface area contributed by atoms with Gasteiger partial charge in [0.1, 0.15) is 7.85 Å². The molecular formula is C6H15BO. The van der Waals surface area contributed by atoms with Crippen LogP contribution in [0.15, 0.2) is 0 Å². The maximum atomic E-state index is 9.01. The molecule has 0 bridgehead atoms. The van der Waals surface area contributed by atoms with Gasteiger partial charge in [-0.15, -0.1) is 0 Å². The van der Waals surface area contributed by atoms with Crippen molar-refractivity contribution in [2.24, 2.45) is 5.92 Å². The summed E-state index contributed by atoms with van der Waals surface area (Å²) >= 11 is 0. The van der Waals surface area contributed by atoms with E-state index in [-0.39, 0.29) is 6.10 Å². The van der Waals surface area contributed by atoms with Crippen LogP contribution in [0.3, 0.4) is 0 Å². The van der Waals surface area contributed by atoms with Gasteiger partial charge in [0.2, 0.25) is 0 Å². The Bertz CT molecular complexity index is 50.5. The summed E-state index contributed by atoms with van der Waals surface area (Å²) in [6.45, 7) is 3.97. The lowest BCUT2D eigenvalue weighted by molar-refractivity contribution is 0.133. The molecule has 1 nitrogen and oxygen atoms in total. The Hall–Kier alpha value is 0.0249. The van der Waals surface area contributed by atoms with E-state index in [9.17, 15) is 0 Å². The third kappa shape index (κ3) is 2.36. The Labute approximate surface area is 52.5 Å². The molecule has 0 saturated heterocycles. The zero-order chi connectivity index (χ0) is 6.57. The molecule has 48 valence electrons. The standard InChI is InChI=1S/C6H15BO/c1-3-6(4-7)5(2)8/h5-6,8H,3-4,7H2,1-2H3/t5-,6+/m0/s1. The van der Waals surface area contributed by atoms with Crippen molar-refractivity contribution >= 4 is 7.85 Å². The SMILES string of the molecule is BC[C@@H](CC)[C@H](C)O. The Morgan fingerprint density at radius 3 is 2.12 bits per heavy atom. The fraction of sp³-hybridized carbons (Fsp3) is 1.00. The van der Waals surface area contributed by atoms with Gasteiger partial charge in [-0.25, -0.2) is 0 Å². The molecule has 0 heterocycles. The van der Waals surface area contributed by atoms with Gasteiger partial charge in [0.15, 0.2) is 0 Å². The van der Waals surface area contributed by atoms with Crippen molar-refractivity contribution in [3.05, 3.63) is 0 Å². The van der Waals surface area contributed by atoms with Crippen LogP contribution in [-0.2, 0) is 0 Å². The lowest BCUT2D eigenvalue weighted by atomic mass is 9.86. The topological polar surface area (TPSA) is 20.2 Å². The zero-order valence-corrected chi connectivity index (χ0v) is 6.02. The lowest BCUT2D eigenvalue weighted by Crippen LogP contribution is -2.14. The minimum Gasteiger partial charge on any atom is -0.393 e. The van der Waals surface area contributed by atoms with Crippen LogP contribution in [-0.4, -0.2) is 19.1 Å². The molecule has 0 amide bonds. The maximum Gasteiger partial charge on any atom is 0.101 e. The summed E-state index contributed by atoms with van der Waals surface area (Å²) in [5.41, 5.74) is 0. The van der Waals surface area contributed by atoms with Gasteiger partial charge in [0.05, 0.1) is 6.10 Å². The van der Waals surface area contributed by atoms with Crippen molar-refractivity contribution in [1.29, 1.82) is 0 Å². The summed E-state index contributed by atoms with van der Waals surface area (Å²) in [6, 6.07) is 0. The molecule has 8 heavy (non-hydrogen) atoms. The summed E-state index contributed by atoms with van der Waals surface area (Å²) in [7, 11) is 2.11. The van der Waals surface area contributed by atoms with Crippen LogP contribution in [0.4, 0.5) is 0 Å². The van der Waals surface area contributed by atoms with Crippen LogP contribution in [0, 0.1) is 5.92 Å². The molecule has 0 aromatic rings. The smallest absolute Gasteiger partial charge is 0.101 e. The fourth-order valence-corrected chi connectivity index (χ4v) is 0.971. The average molecular weight is 114 g/mol. The van der Waals surface area contributed by atoms with Gasteiger partial charge in [-0.2, -0.15) is 0 Å². The number of aliphatic hydroxyl groups excluding tert-OH is 1. The van der Waals surface area contributed by atoms with Crippen molar-refractivity contribution < 1.29 is 5.11 Å². The quantitative estimate of drug-likeness (QED) is 0.528. The van der Waals surface area contributed by atoms with Gasteiger partial charge in [0.25, 0.3) is 0 Å². The molecular weight excluding hydrogens is 98.9 g/mol. The number of hydrogen-bond donors (Lipinski definition) is 1. The molecule has 2 heteroatoms. The van der Waals surface area contributed by atoms with E-state index in [1.165, 1.54) is 0 Å². The molecule has 2 atom stereocenters. The molecule has 0 aliphatic carbocycles. The van der Waals surface area contributed by atoms with Crippen molar-refractivity contribution in [1.82, 2.24) is 0 Å². The number of rotatable bonds is 3. The molecule has 0 rings (SSSR count). The van der Waals surface area contributed by atoms with Crippen LogP contribution >= 0.6 is 0 Å². The number of hydrogen-bond acceptors (Lipinski definition) is 1. The average Bonchev–Trinajstić information content (AvgIpc) is 1.69. The van der Waals surface area contributed by atoms with Crippen LogP contribution < -0.4 is 0 Å². The highest BCUT2D eigenvalue weighted by Crippen LogP contribution is 2.10. The second-order valence-corrected chi connectivity index (χ2v) is 2.32. The van der Waals surface area contributed by atoms with Gasteiger partial charge < -0.3 is 5.11 Å². The monoisotopic (exact) mass is 114 g/mol. The first kappa shape index (κ1) is 8.02. The van der Waals surface area contributed by atoms with Gasteiger partial charge in [-0.1, -0.05) is 19.7 Å². The summed E-state index contributed by atoms with van der Waals surface area (Å²) in [5.74, 6) is 0.509. The molecule has 0 aromatic carbocycles. The molecule has 0 unspecified atom stereocenters. The van der Waals surface area contributed by atoms with Gasteiger partial charge >= 0.3 is 0 Å². The first-order chi connectivity index (χ1) is 3.72. The third-order valence-corrected chi connectivity index (χ3v) is 1.73. The van der Waals surface area contributed by atoms with E-state index in [4.69, 9.17) is 5.11 Å². The first-order valence-electron chi connectivity index (χ1n) is 3.40. The molecule has 1 N–H and O–H groups in total. The zero-order valence-electron chi connectivity index (χ0n) is 6.02. The second kappa shape index (κ2) is 3.96. The predicted molar refractivity (Wildman–Crippen MR) is 38.8 cm³/mol. The Morgan fingerprint density at radius 2 is 2.12 bits per heavy atom. The van der Waals surface area contributed by atoms with E-state index in [0.717, 1.165) is 12.7 Å². The molecule has 0 spiro atoms. The van der Waals surface area contributed by atoms with E-state index in [0.29, 0.717) is 5.92 Å². The summed E-state index contributed by atoms with van der Waals surface area (Å²) < 4.78 is 0.